The Morgan fingerprint density at radius 1 is 1.24 bits per heavy atom. The predicted octanol–water partition coefficient (Wildman–Crippen LogP) is 3.60. The molecule has 0 saturated heterocycles. The number of pyridine rings is 1. The first kappa shape index (κ1) is 15.9. The number of carbonyl (C=O) groups excluding carboxylic acids is 1. The van der Waals surface area contributed by atoms with E-state index in [0.29, 0.717) is 18.7 Å². The topological polar surface area (TPSA) is 79.3 Å². The van der Waals surface area contributed by atoms with Gasteiger partial charge in [-0.25, -0.2) is 4.98 Å². The Morgan fingerprint density at radius 3 is 2.43 bits per heavy atom. The number of halogens is 1. The van der Waals surface area contributed by atoms with Crippen LogP contribution >= 0.6 is 15.9 Å². The molecule has 21 heavy (non-hydrogen) atoms. The molecule has 2 N–H and O–H groups in total. The fourth-order valence-electron chi connectivity index (χ4n) is 2.82. The molecule has 1 heterocycles. The largest absolute Gasteiger partial charge is 0.481 e. The molecule has 1 amide bonds. The van der Waals surface area contributed by atoms with Crippen molar-refractivity contribution in [1.82, 2.24) is 4.98 Å². The van der Waals surface area contributed by atoms with Gasteiger partial charge in [0.15, 0.2) is 0 Å². The van der Waals surface area contributed by atoms with Gasteiger partial charge in [0.25, 0.3) is 0 Å². The molecule has 1 fully saturated rings. The lowest BCUT2D eigenvalue weighted by molar-refractivity contribution is -0.152. The van der Waals surface area contributed by atoms with Gasteiger partial charge < -0.3 is 10.4 Å². The van der Waals surface area contributed by atoms with Crippen LogP contribution in [0.2, 0.25) is 0 Å². The van der Waals surface area contributed by atoms with E-state index in [1.807, 2.05) is 0 Å². The molecule has 0 aromatic carbocycles. The number of nitrogens with one attached hydrogen (secondary N) is 1. The summed E-state index contributed by atoms with van der Waals surface area (Å²) in [5, 5.41) is 12.2. The Kier molecular flexibility index (Phi) is 5.33. The maximum absolute atomic E-state index is 12.2. The van der Waals surface area contributed by atoms with Crippen LogP contribution in [0.25, 0.3) is 0 Å². The van der Waals surface area contributed by atoms with Crippen molar-refractivity contribution in [3.63, 3.8) is 0 Å². The second-order valence-electron chi connectivity index (χ2n) is 5.59. The quantitative estimate of drug-likeness (QED) is 0.809. The molecule has 0 spiro atoms. The minimum atomic E-state index is -0.921. The van der Waals surface area contributed by atoms with Gasteiger partial charge in [-0.05, 0) is 40.9 Å². The minimum Gasteiger partial charge on any atom is -0.481 e. The second kappa shape index (κ2) is 7.02. The molecule has 0 unspecified atom stereocenters. The zero-order chi connectivity index (χ0) is 15.3. The summed E-state index contributed by atoms with van der Waals surface area (Å²) < 4.78 is 0.825. The molecule has 0 bridgehead atoms. The number of nitrogens with zero attached hydrogens (tertiary/aromatic N) is 1. The molecule has 0 radical (unpaired) electrons. The van der Waals surface area contributed by atoms with Crippen LogP contribution in [0.1, 0.15) is 44.9 Å². The molecule has 1 aromatic rings. The summed E-state index contributed by atoms with van der Waals surface area (Å²) in [5.74, 6) is -0.699. The number of hydrogen-bond acceptors (Lipinski definition) is 3. The van der Waals surface area contributed by atoms with Crippen LogP contribution < -0.4 is 5.32 Å². The smallest absolute Gasteiger partial charge is 0.310 e. The molecule has 114 valence electrons. The summed E-state index contributed by atoms with van der Waals surface area (Å²) in [6, 6.07) is 3.46. The highest BCUT2D eigenvalue weighted by Crippen LogP contribution is 2.38. The van der Waals surface area contributed by atoms with Crippen molar-refractivity contribution >= 4 is 33.6 Å². The van der Waals surface area contributed by atoms with E-state index in [2.05, 4.69) is 26.2 Å². The van der Waals surface area contributed by atoms with Gasteiger partial charge >= 0.3 is 5.97 Å². The molecule has 1 aromatic heterocycles. The Hall–Kier alpha value is -1.43. The van der Waals surface area contributed by atoms with Crippen molar-refractivity contribution in [2.24, 2.45) is 5.41 Å². The number of carbonyl (C=O) groups is 2. The van der Waals surface area contributed by atoms with Gasteiger partial charge in [-0.3, -0.25) is 9.59 Å². The Bertz CT molecular complexity index is 508. The fourth-order valence-corrected chi connectivity index (χ4v) is 3.05. The SMILES string of the molecule is O=C(CC1(C(=O)O)CCCCCC1)Nc1ccc(Br)cn1. The maximum Gasteiger partial charge on any atom is 0.310 e. The van der Waals surface area contributed by atoms with Crippen molar-refractivity contribution in [1.29, 1.82) is 0 Å². The average molecular weight is 355 g/mol. The third-order valence-corrected chi connectivity index (χ3v) is 4.48. The van der Waals surface area contributed by atoms with Crippen molar-refractivity contribution in [2.75, 3.05) is 5.32 Å². The highest BCUT2D eigenvalue weighted by Gasteiger charge is 2.40. The number of aromatic nitrogens is 1. The van der Waals surface area contributed by atoms with Gasteiger partial charge in [0.2, 0.25) is 5.91 Å². The molecule has 1 aliphatic rings. The number of anilines is 1. The zero-order valence-corrected chi connectivity index (χ0v) is 13.4. The maximum atomic E-state index is 12.2. The minimum absolute atomic E-state index is 0.0140. The van der Waals surface area contributed by atoms with Crippen LogP contribution in [0.15, 0.2) is 22.8 Å². The Morgan fingerprint density at radius 2 is 1.90 bits per heavy atom. The van der Waals surface area contributed by atoms with Crippen LogP contribution in [0.3, 0.4) is 0 Å². The van der Waals surface area contributed by atoms with Gasteiger partial charge in [0, 0.05) is 17.1 Å². The highest BCUT2D eigenvalue weighted by atomic mass is 79.9. The fraction of sp³-hybridized carbons (Fsp3) is 0.533. The van der Waals surface area contributed by atoms with E-state index in [4.69, 9.17) is 0 Å². The highest BCUT2D eigenvalue weighted by molar-refractivity contribution is 9.10. The van der Waals surface area contributed by atoms with Crippen molar-refractivity contribution < 1.29 is 14.7 Å². The number of carboxylic acid groups (broad SMARTS) is 1. The van der Waals surface area contributed by atoms with Crippen molar-refractivity contribution in [2.45, 2.75) is 44.9 Å². The normalized spacial score (nSPS) is 17.8. The van der Waals surface area contributed by atoms with Crippen LogP contribution in [0.5, 0.6) is 0 Å². The summed E-state index contributed by atoms with van der Waals surface area (Å²) in [6.07, 6.45) is 6.59. The van der Waals surface area contributed by atoms with E-state index in [1.54, 1.807) is 18.3 Å². The molecule has 5 nitrogen and oxygen atoms in total. The predicted molar refractivity (Wildman–Crippen MR) is 83.0 cm³/mol. The van der Waals surface area contributed by atoms with E-state index in [9.17, 15) is 14.7 Å². The first-order valence-corrected chi connectivity index (χ1v) is 7.96. The number of hydrogen-bond donors (Lipinski definition) is 2. The first-order valence-electron chi connectivity index (χ1n) is 7.17. The van der Waals surface area contributed by atoms with Gasteiger partial charge in [-0.15, -0.1) is 0 Å². The molecule has 1 saturated carbocycles. The first-order chi connectivity index (χ1) is 10.0. The molecular weight excluding hydrogens is 336 g/mol. The third-order valence-electron chi connectivity index (χ3n) is 4.01. The number of carboxylic acids is 1. The molecule has 1 aliphatic carbocycles. The van der Waals surface area contributed by atoms with Gasteiger partial charge in [0.1, 0.15) is 5.82 Å². The molecule has 2 rings (SSSR count). The van der Waals surface area contributed by atoms with Gasteiger partial charge in [-0.2, -0.15) is 0 Å². The average Bonchev–Trinajstić information content (AvgIpc) is 2.68. The van der Waals surface area contributed by atoms with Gasteiger partial charge in [0.05, 0.1) is 5.41 Å². The second-order valence-corrected chi connectivity index (χ2v) is 6.50. The Labute approximate surface area is 132 Å². The molecule has 0 aliphatic heterocycles. The lowest BCUT2D eigenvalue weighted by Crippen LogP contribution is -2.35. The number of amides is 1. The van der Waals surface area contributed by atoms with E-state index in [0.717, 1.165) is 30.2 Å². The Balaban J connectivity index is 2.04. The van der Waals surface area contributed by atoms with Crippen LogP contribution in [-0.2, 0) is 9.59 Å². The van der Waals surface area contributed by atoms with E-state index >= 15 is 0 Å². The molecule has 0 atom stereocenters. The van der Waals surface area contributed by atoms with E-state index in [-0.39, 0.29) is 12.3 Å². The van der Waals surface area contributed by atoms with Crippen molar-refractivity contribution in [3.05, 3.63) is 22.8 Å². The zero-order valence-electron chi connectivity index (χ0n) is 11.8. The number of aliphatic carboxylic acids is 1. The monoisotopic (exact) mass is 354 g/mol. The van der Waals surface area contributed by atoms with Gasteiger partial charge in [-0.1, -0.05) is 25.7 Å². The lowest BCUT2D eigenvalue weighted by atomic mass is 9.77. The van der Waals surface area contributed by atoms with Crippen LogP contribution in [0.4, 0.5) is 5.82 Å². The van der Waals surface area contributed by atoms with E-state index < -0.39 is 11.4 Å². The molecule has 6 heteroatoms. The van der Waals surface area contributed by atoms with Crippen molar-refractivity contribution in [3.8, 4) is 0 Å². The summed E-state index contributed by atoms with van der Waals surface area (Å²) >= 11 is 3.27. The van der Waals surface area contributed by atoms with Crippen LogP contribution in [0, 0.1) is 5.41 Å². The summed E-state index contributed by atoms with van der Waals surface area (Å²) in [7, 11) is 0. The summed E-state index contributed by atoms with van der Waals surface area (Å²) in [4.78, 5) is 27.9. The van der Waals surface area contributed by atoms with Crippen LogP contribution in [-0.4, -0.2) is 22.0 Å². The summed E-state index contributed by atoms with van der Waals surface area (Å²) in [5.41, 5.74) is -0.921. The van der Waals surface area contributed by atoms with E-state index in [1.165, 1.54) is 0 Å². The lowest BCUT2D eigenvalue weighted by Gasteiger charge is -2.27. The molecular formula is C15H19BrN2O3. The standard InChI is InChI=1S/C15H19BrN2O3/c16-11-5-6-12(17-10-11)18-13(19)9-15(14(20)21)7-3-1-2-4-8-15/h5-6,10H,1-4,7-9H2,(H,20,21)(H,17,18,19). The number of rotatable bonds is 4. The summed E-state index contributed by atoms with van der Waals surface area (Å²) in [6.45, 7) is 0. The third kappa shape index (κ3) is 4.27.